The van der Waals surface area contributed by atoms with Crippen LogP contribution in [-0.2, 0) is 10.0 Å². The van der Waals surface area contributed by atoms with Crippen molar-refractivity contribution in [1.82, 2.24) is 4.72 Å². The molecule has 7 nitrogen and oxygen atoms in total. The molecular formula is C10H13N3O4S. The van der Waals surface area contributed by atoms with E-state index in [0.29, 0.717) is 12.5 Å². The van der Waals surface area contributed by atoms with E-state index in [0.717, 1.165) is 25.0 Å². The average molecular weight is 271 g/mol. The number of nitrogens with one attached hydrogen (secondary N) is 1. The normalized spacial score (nSPS) is 15.6. The number of rotatable bonds is 5. The van der Waals surface area contributed by atoms with Gasteiger partial charge in [0.1, 0.15) is 0 Å². The second kappa shape index (κ2) is 4.54. The van der Waals surface area contributed by atoms with Crippen molar-refractivity contribution in [1.29, 1.82) is 0 Å². The molecule has 0 atom stereocenters. The Hall–Kier alpha value is -1.67. The molecule has 0 saturated heterocycles. The molecule has 0 aromatic heterocycles. The second-order valence-corrected chi connectivity index (χ2v) is 6.01. The number of nitrogen functional groups attached to an aromatic ring is 1. The van der Waals surface area contributed by atoms with Crippen LogP contribution in [0, 0.1) is 16.0 Å². The molecule has 8 heteroatoms. The third-order valence-electron chi connectivity index (χ3n) is 2.73. The van der Waals surface area contributed by atoms with Crippen LogP contribution in [0.25, 0.3) is 0 Å². The third-order valence-corrected chi connectivity index (χ3v) is 4.20. The summed E-state index contributed by atoms with van der Waals surface area (Å²) in [5, 5.41) is 10.8. The number of anilines is 1. The van der Waals surface area contributed by atoms with Crippen LogP contribution in [0.1, 0.15) is 12.8 Å². The molecule has 1 aliphatic rings. The van der Waals surface area contributed by atoms with Gasteiger partial charge >= 0.3 is 0 Å². The summed E-state index contributed by atoms with van der Waals surface area (Å²) in [4.78, 5) is 9.74. The number of sulfonamides is 1. The Kier molecular flexibility index (Phi) is 3.22. The zero-order valence-corrected chi connectivity index (χ0v) is 10.3. The highest BCUT2D eigenvalue weighted by Crippen LogP contribution is 2.29. The quantitative estimate of drug-likeness (QED) is 0.468. The van der Waals surface area contributed by atoms with E-state index in [1.165, 1.54) is 6.07 Å². The van der Waals surface area contributed by atoms with Gasteiger partial charge in [-0.15, -0.1) is 0 Å². The van der Waals surface area contributed by atoms with Gasteiger partial charge in [0.05, 0.1) is 4.92 Å². The van der Waals surface area contributed by atoms with E-state index in [1.807, 2.05) is 0 Å². The fourth-order valence-corrected chi connectivity index (χ4v) is 2.80. The zero-order valence-electron chi connectivity index (χ0n) is 9.50. The Morgan fingerprint density at radius 1 is 1.44 bits per heavy atom. The van der Waals surface area contributed by atoms with Crippen LogP contribution >= 0.6 is 0 Å². The topological polar surface area (TPSA) is 115 Å². The van der Waals surface area contributed by atoms with E-state index >= 15 is 0 Å². The van der Waals surface area contributed by atoms with E-state index in [9.17, 15) is 18.5 Å². The van der Waals surface area contributed by atoms with Gasteiger partial charge in [0.2, 0.25) is 10.0 Å². The van der Waals surface area contributed by atoms with Gasteiger partial charge < -0.3 is 5.73 Å². The van der Waals surface area contributed by atoms with Crippen molar-refractivity contribution >= 4 is 21.4 Å². The average Bonchev–Trinajstić information content (AvgIpc) is 3.09. The molecule has 1 fully saturated rings. The van der Waals surface area contributed by atoms with E-state index in [-0.39, 0.29) is 10.6 Å². The lowest BCUT2D eigenvalue weighted by atomic mass is 10.3. The Morgan fingerprint density at radius 3 is 2.67 bits per heavy atom. The summed E-state index contributed by atoms with van der Waals surface area (Å²) in [5.41, 5.74) is 5.07. The molecule has 98 valence electrons. The molecule has 2 rings (SSSR count). The molecule has 0 heterocycles. The van der Waals surface area contributed by atoms with E-state index < -0.39 is 20.6 Å². The fourth-order valence-electron chi connectivity index (χ4n) is 1.53. The zero-order chi connectivity index (χ0) is 13.3. The lowest BCUT2D eigenvalue weighted by Crippen LogP contribution is -2.26. The van der Waals surface area contributed by atoms with Crippen LogP contribution in [-0.4, -0.2) is 19.9 Å². The maximum atomic E-state index is 11.9. The summed E-state index contributed by atoms with van der Waals surface area (Å²) < 4.78 is 26.3. The van der Waals surface area contributed by atoms with Crippen LogP contribution in [0.3, 0.4) is 0 Å². The minimum absolute atomic E-state index is 0.155. The first-order chi connectivity index (χ1) is 8.40. The van der Waals surface area contributed by atoms with Gasteiger partial charge in [0, 0.05) is 18.3 Å². The first-order valence-electron chi connectivity index (χ1n) is 5.44. The van der Waals surface area contributed by atoms with Crippen LogP contribution in [0.15, 0.2) is 23.1 Å². The molecule has 0 spiro atoms. The highest BCUT2D eigenvalue weighted by Gasteiger charge is 2.28. The predicted octanol–water partition coefficient (Wildman–Crippen LogP) is 0.865. The summed E-state index contributed by atoms with van der Waals surface area (Å²) in [6.45, 7) is 0.323. The molecule has 1 aliphatic carbocycles. The molecule has 0 unspecified atom stereocenters. The van der Waals surface area contributed by atoms with E-state index in [4.69, 9.17) is 5.73 Å². The maximum Gasteiger partial charge on any atom is 0.291 e. The summed E-state index contributed by atoms with van der Waals surface area (Å²) in [5.74, 6) is 0.354. The molecule has 1 aromatic carbocycles. The standard InChI is InChI=1S/C10H13N3O4S/c11-8-3-4-10(9(5-8)13(14)15)18(16,17)12-6-7-1-2-7/h3-5,7,12H,1-2,6,11H2. The van der Waals surface area contributed by atoms with Gasteiger partial charge in [-0.05, 0) is 30.9 Å². The van der Waals surface area contributed by atoms with Crippen LogP contribution in [0.4, 0.5) is 11.4 Å². The lowest BCUT2D eigenvalue weighted by molar-refractivity contribution is -0.387. The number of nitro groups is 1. The third kappa shape index (κ3) is 2.77. The number of hydrogen-bond donors (Lipinski definition) is 2. The Morgan fingerprint density at radius 2 is 2.11 bits per heavy atom. The lowest BCUT2D eigenvalue weighted by Gasteiger charge is -2.07. The monoisotopic (exact) mass is 271 g/mol. The summed E-state index contributed by atoms with van der Waals surface area (Å²) in [7, 11) is -3.85. The van der Waals surface area contributed by atoms with Gasteiger partial charge in [-0.25, -0.2) is 13.1 Å². The Labute approximate surface area is 104 Å². The molecule has 0 aliphatic heterocycles. The van der Waals surface area contributed by atoms with Crippen molar-refractivity contribution in [3.05, 3.63) is 28.3 Å². The van der Waals surface area contributed by atoms with Gasteiger partial charge in [-0.2, -0.15) is 0 Å². The summed E-state index contributed by atoms with van der Waals surface area (Å²) in [6.07, 6.45) is 1.98. The largest absolute Gasteiger partial charge is 0.399 e. The predicted molar refractivity (Wildman–Crippen MR) is 65.4 cm³/mol. The minimum Gasteiger partial charge on any atom is -0.399 e. The van der Waals surface area contributed by atoms with Crippen LogP contribution in [0.5, 0.6) is 0 Å². The van der Waals surface area contributed by atoms with Gasteiger partial charge in [0.25, 0.3) is 5.69 Å². The molecule has 0 radical (unpaired) electrons. The van der Waals surface area contributed by atoms with Crippen molar-refractivity contribution in [3.63, 3.8) is 0 Å². The van der Waals surface area contributed by atoms with Crippen LogP contribution < -0.4 is 10.5 Å². The van der Waals surface area contributed by atoms with E-state index in [2.05, 4.69) is 4.72 Å². The van der Waals surface area contributed by atoms with Crippen molar-refractivity contribution in [3.8, 4) is 0 Å². The number of nitrogens with zero attached hydrogens (tertiary/aromatic N) is 1. The molecule has 1 aromatic rings. The molecule has 18 heavy (non-hydrogen) atoms. The highest BCUT2D eigenvalue weighted by atomic mass is 32.2. The minimum atomic E-state index is -3.85. The number of benzene rings is 1. The van der Waals surface area contributed by atoms with Crippen molar-refractivity contribution in [2.75, 3.05) is 12.3 Å². The van der Waals surface area contributed by atoms with Gasteiger partial charge in [0.15, 0.2) is 4.90 Å². The summed E-state index contributed by atoms with van der Waals surface area (Å²) >= 11 is 0. The maximum absolute atomic E-state index is 11.9. The van der Waals surface area contributed by atoms with E-state index in [1.54, 1.807) is 0 Å². The van der Waals surface area contributed by atoms with Crippen molar-refractivity contribution in [2.45, 2.75) is 17.7 Å². The molecule has 0 amide bonds. The Bertz CT molecular complexity index is 581. The highest BCUT2D eigenvalue weighted by molar-refractivity contribution is 7.89. The SMILES string of the molecule is Nc1ccc(S(=O)(=O)NCC2CC2)c([N+](=O)[O-])c1. The van der Waals surface area contributed by atoms with Crippen molar-refractivity contribution in [2.24, 2.45) is 5.92 Å². The van der Waals surface area contributed by atoms with Gasteiger partial charge in [-0.3, -0.25) is 10.1 Å². The smallest absolute Gasteiger partial charge is 0.291 e. The number of nitrogens with two attached hydrogens (primary N) is 1. The van der Waals surface area contributed by atoms with Gasteiger partial charge in [-0.1, -0.05) is 0 Å². The Balaban J connectivity index is 2.32. The number of hydrogen-bond acceptors (Lipinski definition) is 5. The molecular weight excluding hydrogens is 258 g/mol. The first kappa shape index (κ1) is 12.8. The first-order valence-corrected chi connectivity index (χ1v) is 6.92. The molecule has 0 bridgehead atoms. The van der Waals surface area contributed by atoms with Crippen LogP contribution in [0.2, 0.25) is 0 Å². The fraction of sp³-hybridized carbons (Fsp3) is 0.400. The van der Waals surface area contributed by atoms with Crippen molar-refractivity contribution < 1.29 is 13.3 Å². The second-order valence-electron chi connectivity index (χ2n) is 4.28. The molecule has 3 N–H and O–H groups in total. The number of nitro benzene ring substituents is 1. The summed E-state index contributed by atoms with van der Waals surface area (Å²) in [6, 6.07) is 3.53. The molecule has 1 saturated carbocycles.